The topological polar surface area (TPSA) is 14.1 Å². The fourth-order valence-corrected chi connectivity index (χ4v) is 1.57. The monoisotopic (exact) mass is 223 g/mol. The van der Waals surface area contributed by atoms with E-state index >= 15 is 0 Å². The molecule has 0 unspecified atom stereocenters. The van der Waals surface area contributed by atoms with Crippen molar-refractivity contribution in [3.05, 3.63) is 29.8 Å². The third kappa shape index (κ3) is 4.22. The molecule has 2 rings (SSSR count). The van der Waals surface area contributed by atoms with Crippen molar-refractivity contribution in [1.29, 1.82) is 0 Å². The summed E-state index contributed by atoms with van der Waals surface area (Å²) in [4.78, 5) is 3.14. The Morgan fingerprint density at radius 2 is 1.64 bits per heavy atom. The maximum absolute atomic E-state index is 9.75. The Kier molecular flexibility index (Phi) is 3.46. The van der Waals surface area contributed by atoms with E-state index in [1.165, 1.54) is 10.2 Å². The number of hydrogen-bond donors (Lipinski definition) is 0. The van der Waals surface area contributed by atoms with Crippen LogP contribution in [0.5, 0.6) is 0 Å². The van der Waals surface area contributed by atoms with Crippen LogP contribution in [-0.4, -0.2) is 7.25 Å². The zero-order chi connectivity index (χ0) is 10.6. The van der Waals surface area contributed by atoms with E-state index in [2.05, 4.69) is 17.1 Å². The summed E-state index contributed by atoms with van der Waals surface area (Å²) in [7, 11) is -6.00. The van der Waals surface area contributed by atoms with Crippen LogP contribution in [-0.2, 0) is 0 Å². The summed E-state index contributed by atoms with van der Waals surface area (Å²) in [6.45, 7) is 0. The normalized spacial score (nSPS) is 10.9. The molecule has 0 saturated carbocycles. The van der Waals surface area contributed by atoms with Crippen molar-refractivity contribution >= 4 is 28.8 Å². The molecule has 0 aliphatic rings. The Balaban J connectivity index is 0.000000171. The van der Waals surface area contributed by atoms with Crippen molar-refractivity contribution in [2.75, 3.05) is 0 Å². The Morgan fingerprint density at radius 1 is 1.07 bits per heavy atom. The highest BCUT2D eigenvalue weighted by molar-refractivity contribution is 7.16. The van der Waals surface area contributed by atoms with Gasteiger partial charge in [0, 0.05) is 6.07 Å². The molecule has 1 aromatic carbocycles. The first kappa shape index (κ1) is 11.0. The number of thiazole rings is 1. The first-order valence-electron chi connectivity index (χ1n) is 3.68. The Labute approximate surface area is 81.5 Å². The second-order valence-corrected chi connectivity index (χ2v) is 3.28. The number of H-pyrrole nitrogens is 1. The van der Waals surface area contributed by atoms with Crippen LogP contribution in [0.25, 0.3) is 10.2 Å². The summed E-state index contributed by atoms with van der Waals surface area (Å²) >= 11 is 1.73. The van der Waals surface area contributed by atoms with Gasteiger partial charge in [0.15, 0.2) is 0 Å². The number of para-hydroxylation sites is 1. The minimum atomic E-state index is -6.00. The summed E-state index contributed by atoms with van der Waals surface area (Å²) < 4.78 is 40.3. The lowest BCUT2D eigenvalue weighted by atomic mass is 10.3. The highest BCUT2D eigenvalue weighted by Crippen LogP contribution is 2.12. The highest BCUT2D eigenvalue weighted by Gasteiger charge is 2.20. The smallest absolute Gasteiger partial charge is 0.418 e. The van der Waals surface area contributed by atoms with Crippen molar-refractivity contribution in [3.8, 4) is 0 Å². The van der Waals surface area contributed by atoms with Gasteiger partial charge in [0.1, 0.15) is 4.70 Å². The lowest BCUT2D eigenvalue weighted by Crippen LogP contribution is -2.02. The highest BCUT2D eigenvalue weighted by atomic mass is 32.1. The van der Waals surface area contributed by atoms with Gasteiger partial charge in [-0.3, -0.25) is 0 Å². The van der Waals surface area contributed by atoms with Crippen LogP contribution in [0.4, 0.5) is 17.3 Å². The average molecular weight is 223 g/mol. The maximum Gasteiger partial charge on any atom is 0.673 e. The van der Waals surface area contributed by atoms with Crippen molar-refractivity contribution in [1.82, 2.24) is 0 Å². The molecule has 0 radical (unpaired) electrons. The zero-order valence-corrected chi connectivity index (χ0v) is 7.70. The van der Waals surface area contributed by atoms with Gasteiger partial charge in [-0.2, -0.15) is 0 Å². The van der Waals surface area contributed by atoms with Gasteiger partial charge in [0.05, 0.1) is 0 Å². The summed E-state index contributed by atoms with van der Waals surface area (Å²) in [5, 5.41) is 0. The Hall–Kier alpha value is -1.11. The minimum absolute atomic E-state index is 1.22. The third-order valence-electron chi connectivity index (χ3n) is 1.29. The van der Waals surface area contributed by atoms with E-state index < -0.39 is 7.25 Å². The van der Waals surface area contributed by atoms with E-state index in [0.717, 1.165) is 0 Å². The molecule has 0 aliphatic carbocycles. The van der Waals surface area contributed by atoms with Crippen LogP contribution >= 0.6 is 11.3 Å². The van der Waals surface area contributed by atoms with Gasteiger partial charge in [-0.1, -0.05) is 23.5 Å². The zero-order valence-electron chi connectivity index (χ0n) is 6.88. The van der Waals surface area contributed by atoms with Crippen molar-refractivity contribution in [2.24, 2.45) is 0 Å². The molecule has 0 aliphatic heterocycles. The number of hydrogen-bond acceptors (Lipinski definition) is 1. The van der Waals surface area contributed by atoms with Crippen molar-refractivity contribution in [2.45, 2.75) is 0 Å². The number of rotatable bonds is 0. The van der Waals surface area contributed by atoms with Gasteiger partial charge < -0.3 is 17.3 Å². The van der Waals surface area contributed by atoms with Crippen LogP contribution in [0.2, 0.25) is 0 Å². The predicted molar refractivity (Wildman–Crippen MR) is 48.6 cm³/mol. The third-order valence-corrected chi connectivity index (χ3v) is 2.13. The van der Waals surface area contributed by atoms with Gasteiger partial charge in [0.25, 0.3) is 0 Å². The second kappa shape index (κ2) is 4.41. The van der Waals surface area contributed by atoms with Crippen LogP contribution < -0.4 is 4.98 Å². The molecule has 0 saturated heterocycles. The number of nitrogens with one attached hydrogen (secondary N) is 1. The number of aromatic nitrogens is 1. The quantitative estimate of drug-likeness (QED) is 0.481. The fourth-order valence-electron chi connectivity index (χ4n) is 0.845. The standard InChI is InChI=1S/C7H5NS.BF4/c1-2-4-7-6(3-1)8-5-9-7;2-1(3,4)5/h1-5H;/q;-1/p+1. The number of halogens is 4. The van der Waals surface area contributed by atoms with Gasteiger partial charge in [-0.15, -0.1) is 0 Å². The number of aromatic amines is 1. The SMILES string of the molecule is F[B-](F)(F)F.c1ccc2sc[nH+]c2c1. The molecular formula is C7H6BF4NS. The molecule has 7 heteroatoms. The maximum atomic E-state index is 9.75. The minimum Gasteiger partial charge on any atom is -0.418 e. The van der Waals surface area contributed by atoms with Gasteiger partial charge in [-0.25, -0.2) is 4.98 Å². The van der Waals surface area contributed by atoms with E-state index in [1.54, 1.807) is 11.3 Å². The molecule has 1 N–H and O–H groups in total. The molecule has 2 aromatic rings. The largest absolute Gasteiger partial charge is 0.673 e. The first-order valence-corrected chi connectivity index (χ1v) is 4.56. The summed E-state index contributed by atoms with van der Waals surface area (Å²) in [6, 6.07) is 8.26. The predicted octanol–water partition coefficient (Wildman–Crippen LogP) is 3.02. The van der Waals surface area contributed by atoms with E-state index in [9.17, 15) is 17.3 Å². The molecule has 0 fully saturated rings. The van der Waals surface area contributed by atoms with Crippen LogP contribution in [0.1, 0.15) is 0 Å². The number of benzene rings is 1. The van der Waals surface area contributed by atoms with Crippen LogP contribution in [0.15, 0.2) is 29.8 Å². The van der Waals surface area contributed by atoms with E-state index in [1.807, 2.05) is 17.6 Å². The number of fused-ring (bicyclic) bond motifs is 1. The first-order chi connectivity index (χ1) is 6.47. The van der Waals surface area contributed by atoms with Crippen LogP contribution in [0, 0.1) is 0 Å². The molecule has 0 amide bonds. The fraction of sp³-hybridized carbons (Fsp3) is 0. The summed E-state index contributed by atoms with van der Waals surface area (Å²) in [5.74, 6) is 0. The van der Waals surface area contributed by atoms with E-state index in [-0.39, 0.29) is 0 Å². The Bertz CT molecular complexity index is 363. The second-order valence-electron chi connectivity index (χ2n) is 2.37. The van der Waals surface area contributed by atoms with Crippen LogP contribution in [0.3, 0.4) is 0 Å². The molecule has 1 nitrogen and oxygen atoms in total. The molecule has 1 heterocycles. The average Bonchev–Trinajstić information content (AvgIpc) is 2.47. The molecule has 0 spiro atoms. The Morgan fingerprint density at radius 3 is 2.21 bits per heavy atom. The molecule has 1 aromatic heterocycles. The van der Waals surface area contributed by atoms with E-state index in [4.69, 9.17) is 0 Å². The molecule has 0 atom stereocenters. The molecule has 76 valence electrons. The lowest BCUT2D eigenvalue weighted by molar-refractivity contribution is -0.338. The van der Waals surface area contributed by atoms with Gasteiger partial charge in [0.2, 0.25) is 11.0 Å². The van der Waals surface area contributed by atoms with Crippen molar-refractivity contribution < 1.29 is 22.2 Å². The molecule has 0 bridgehead atoms. The lowest BCUT2D eigenvalue weighted by Gasteiger charge is -1.94. The molecular weight excluding hydrogens is 217 g/mol. The van der Waals surface area contributed by atoms with Gasteiger partial charge >= 0.3 is 7.25 Å². The van der Waals surface area contributed by atoms with E-state index in [0.29, 0.717) is 0 Å². The van der Waals surface area contributed by atoms with Crippen molar-refractivity contribution in [3.63, 3.8) is 0 Å². The molecule has 14 heavy (non-hydrogen) atoms. The summed E-state index contributed by atoms with van der Waals surface area (Å²) in [6.07, 6.45) is 0. The summed E-state index contributed by atoms with van der Waals surface area (Å²) in [5.41, 5.74) is 3.22. The van der Waals surface area contributed by atoms with Gasteiger partial charge in [-0.05, 0) is 6.07 Å².